The molecule has 0 bridgehead atoms. The summed E-state index contributed by atoms with van der Waals surface area (Å²) in [6.45, 7) is 0. The van der Waals surface area contributed by atoms with E-state index in [0.29, 0.717) is 11.3 Å². The van der Waals surface area contributed by atoms with Gasteiger partial charge in [-0.05, 0) is 43.4 Å². The van der Waals surface area contributed by atoms with Crippen LogP contribution in [0.5, 0.6) is 5.75 Å². The van der Waals surface area contributed by atoms with Crippen molar-refractivity contribution in [3.63, 3.8) is 0 Å². The molecule has 0 saturated heterocycles. The Balaban J connectivity index is 2.39. The van der Waals surface area contributed by atoms with Gasteiger partial charge in [0.05, 0.1) is 18.2 Å². The standard InChI is InChI=1S/C16H19FN2O/c1-18-15-10-6-4-3-5-7-12(10)19-16-11(17)8-9-13(20-2)14(15)16/h8-9H,3-7H2,1-2H3,(H,18,19). The Hall–Kier alpha value is -1.84. The molecule has 0 aliphatic heterocycles. The Bertz CT molecular complexity index is 655. The highest BCUT2D eigenvalue weighted by atomic mass is 19.1. The lowest BCUT2D eigenvalue weighted by Crippen LogP contribution is -2.05. The summed E-state index contributed by atoms with van der Waals surface area (Å²) in [5.74, 6) is 0.384. The largest absolute Gasteiger partial charge is 0.496 e. The molecule has 20 heavy (non-hydrogen) atoms. The molecule has 106 valence electrons. The molecule has 0 amide bonds. The van der Waals surface area contributed by atoms with E-state index in [9.17, 15) is 4.39 Å². The second kappa shape index (κ2) is 5.27. The van der Waals surface area contributed by atoms with E-state index in [4.69, 9.17) is 4.74 Å². The van der Waals surface area contributed by atoms with Gasteiger partial charge in [0.25, 0.3) is 0 Å². The average Bonchev–Trinajstić information content (AvgIpc) is 2.71. The summed E-state index contributed by atoms with van der Waals surface area (Å²) in [6, 6.07) is 3.10. The number of methoxy groups -OCH3 is 1. The average molecular weight is 274 g/mol. The molecule has 1 aromatic heterocycles. The number of fused-ring (bicyclic) bond motifs is 2. The molecule has 3 nitrogen and oxygen atoms in total. The number of hydrogen-bond acceptors (Lipinski definition) is 3. The van der Waals surface area contributed by atoms with E-state index in [1.54, 1.807) is 13.2 Å². The minimum Gasteiger partial charge on any atom is -0.496 e. The van der Waals surface area contributed by atoms with Gasteiger partial charge in [-0.15, -0.1) is 0 Å². The van der Waals surface area contributed by atoms with E-state index in [1.807, 2.05) is 7.05 Å². The highest BCUT2D eigenvalue weighted by molar-refractivity contribution is 5.98. The Morgan fingerprint density at radius 2 is 2.00 bits per heavy atom. The molecular formula is C16H19FN2O. The third-order valence-electron chi connectivity index (χ3n) is 4.05. The van der Waals surface area contributed by atoms with Crippen LogP contribution in [0, 0.1) is 5.82 Å². The van der Waals surface area contributed by atoms with Crippen molar-refractivity contribution >= 4 is 16.6 Å². The van der Waals surface area contributed by atoms with Gasteiger partial charge in [0.1, 0.15) is 17.1 Å². The zero-order valence-electron chi connectivity index (χ0n) is 11.9. The summed E-state index contributed by atoms with van der Waals surface area (Å²) >= 11 is 0. The fraction of sp³-hybridized carbons (Fsp3) is 0.438. The maximum absolute atomic E-state index is 14.1. The predicted octanol–water partition coefficient (Wildman–Crippen LogP) is 3.69. The third kappa shape index (κ3) is 1.99. The fourth-order valence-corrected chi connectivity index (χ4v) is 3.09. The predicted molar refractivity (Wildman–Crippen MR) is 79.1 cm³/mol. The van der Waals surface area contributed by atoms with Crippen LogP contribution >= 0.6 is 0 Å². The second-order valence-electron chi connectivity index (χ2n) is 5.20. The maximum atomic E-state index is 14.1. The van der Waals surface area contributed by atoms with Gasteiger partial charge in [0.15, 0.2) is 0 Å². The molecule has 3 rings (SSSR count). The minimum absolute atomic E-state index is 0.288. The molecule has 0 unspecified atom stereocenters. The zero-order chi connectivity index (χ0) is 14.1. The summed E-state index contributed by atoms with van der Waals surface area (Å²) in [4.78, 5) is 4.60. The highest BCUT2D eigenvalue weighted by Gasteiger charge is 2.20. The Morgan fingerprint density at radius 3 is 2.75 bits per heavy atom. The van der Waals surface area contributed by atoms with E-state index >= 15 is 0 Å². The fourth-order valence-electron chi connectivity index (χ4n) is 3.09. The smallest absolute Gasteiger partial charge is 0.149 e. The number of aromatic nitrogens is 1. The van der Waals surface area contributed by atoms with Crippen molar-refractivity contribution in [2.24, 2.45) is 0 Å². The molecule has 1 aromatic carbocycles. The van der Waals surface area contributed by atoms with Gasteiger partial charge in [-0.3, -0.25) is 0 Å². The summed E-state index contributed by atoms with van der Waals surface area (Å²) in [7, 11) is 3.49. The van der Waals surface area contributed by atoms with Crippen LogP contribution in [-0.2, 0) is 12.8 Å². The molecule has 0 saturated carbocycles. The van der Waals surface area contributed by atoms with E-state index in [-0.39, 0.29) is 5.82 Å². The van der Waals surface area contributed by atoms with Crippen molar-refractivity contribution in [2.75, 3.05) is 19.5 Å². The van der Waals surface area contributed by atoms with Gasteiger partial charge >= 0.3 is 0 Å². The van der Waals surface area contributed by atoms with Crippen LogP contribution in [0.1, 0.15) is 30.5 Å². The van der Waals surface area contributed by atoms with E-state index in [1.165, 1.54) is 18.1 Å². The third-order valence-corrected chi connectivity index (χ3v) is 4.05. The Labute approximate surface area is 118 Å². The first-order chi connectivity index (χ1) is 9.76. The van der Waals surface area contributed by atoms with Gasteiger partial charge < -0.3 is 10.1 Å². The van der Waals surface area contributed by atoms with Crippen LogP contribution in [0.2, 0.25) is 0 Å². The molecule has 0 atom stereocenters. The first kappa shape index (κ1) is 13.2. The maximum Gasteiger partial charge on any atom is 0.149 e. The molecule has 1 aliphatic carbocycles. The molecule has 1 N–H and O–H groups in total. The van der Waals surface area contributed by atoms with Crippen LogP contribution < -0.4 is 10.1 Å². The number of hydrogen-bond donors (Lipinski definition) is 1. The number of halogens is 1. The number of aryl methyl sites for hydroxylation is 1. The summed E-state index contributed by atoms with van der Waals surface area (Å²) in [5, 5.41) is 4.00. The number of anilines is 1. The number of pyridine rings is 1. The lowest BCUT2D eigenvalue weighted by molar-refractivity contribution is 0.419. The topological polar surface area (TPSA) is 34.2 Å². The normalized spacial score (nSPS) is 14.8. The summed E-state index contributed by atoms with van der Waals surface area (Å²) in [5.41, 5.74) is 3.64. The molecule has 4 heteroatoms. The minimum atomic E-state index is -0.288. The molecule has 0 fully saturated rings. The first-order valence-electron chi connectivity index (χ1n) is 7.12. The summed E-state index contributed by atoms with van der Waals surface area (Å²) < 4.78 is 19.5. The molecule has 0 radical (unpaired) electrons. The van der Waals surface area contributed by atoms with Crippen LogP contribution in [-0.4, -0.2) is 19.1 Å². The number of benzene rings is 1. The molecular weight excluding hydrogens is 255 g/mol. The van der Waals surface area contributed by atoms with E-state index in [2.05, 4.69) is 10.3 Å². The number of ether oxygens (including phenoxy) is 1. The van der Waals surface area contributed by atoms with E-state index in [0.717, 1.165) is 42.5 Å². The van der Waals surface area contributed by atoms with Crippen LogP contribution in [0.25, 0.3) is 10.9 Å². The highest BCUT2D eigenvalue weighted by Crippen LogP contribution is 2.38. The Kier molecular flexibility index (Phi) is 3.47. The van der Waals surface area contributed by atoms with Crippen molar-refractivity contribution in [1.29, 1.82) is 0 Å². The molecule has 1 aliphatic rings. The quantitative estimate of drug-likeness (QED) is 0.848. The SMILES string of the molecule is CNc1c2c(nc3c(F)ccc(OC)c13)CCCCC2. The van der Waals surface area contributed by atoms with Crippen LogP contribution in [0.15, 0.2) is 12.1 Å². The van der Waals surface area contributed by atoms with Crippen molar-refractivity contribution in [2.45, 2.75) is 32.1 Å². The van der Waals surface area contributed by atoms with Crippen LogP contribution in [0.4, 0.5) is 10.1 Å². The van der Waals surface area contributed by atoms with Crippen molar-refractivity contribution in [1.82, 2.24) is 4.98 Å². The summed E-state index contributed by atoms with van der Waals surface area (Å²) in [6.07, 6.45) is 5.41. The van der Waals surface area contributed by atoms with Gasteiger partial charge in [-0.2, -0.15) is 0 Å². The number of nitrogens with one attached hydrogen (secondary N) is 1. The van der Waals surface area contributed by atoms with Crippen molar-refractivity contribution < 1.29 is 9.13 Å². The zero-order valence-corrected chi connectivity index (χ0v) is 11.9. The lowest BCUT2D eigenvalue weighted by atomic mass is 10.0. The molecule has 2 aromatic rings. The van der Waals surface area contributed by atoms with Gasteiger partial charge in [-0.1, -0.05) is 6.42 Å². The first-order valence-corrected chi connectivity index (χ1v) is 7.12. The Morgan fingerprint density at radius 1 is 1.20 bits per heavy atom. The van der Waals surface area contributed by atoms with Crippen molar-refractivity contribution in [3.8, 4) is 5.75 Å². The monoisotopic (exact) mass is 274 g/mol. The van der Waals surface area contributed by atoms with E-state index < -0.39 is 0 Å². The number of rotatable bonds is 2. The second-order valence-corrected chi connectivity index (χ2v) is 5.20. The lowest BCUT2D eigenvalue weighted by Gasteiger charge is -2.17. The van der Waals surface area contributed by atoms with Gasteiger partial charge in [0, 0.05) is 12.7 Å². The molecule has 0 spiro atoms. The van der Waals surface area contributed by atoms with Gasteiger partial charge in [-0.25, -0.2) is 9.37 Å². The van der Waals surface area contributed by atoms with Crippen molar-refractivity contribution in [3.05, 3.63) is 29.2 Å². The molecule has 1 heterocycles. The van der Waals surface area contributed by atoms with Gasteiger partial charge in [0.2, 0.25) is 0 Å². The number of nitrogens with zero attached hydrogens (tertiary/aromatic N) is 1. The van der Waals surface area contributed by atoms with Crippen LogP contribution in [0.3, 0.4) is 0 Å².